The molecular weight excluding hydrogens is 412 g/mol. The first-order chi connectivity index (χ1) is 14.5. The van der Waals surface area contributed by atoms with Crippen LogP contribution in [0.2, 0.25) is 5.02 Å². The van der Waals surface area contributed by atoms with Gasteiger partial charge in [0.25, 0.3) is 0 Å². The van der Waals surface area contributed by atoms with E-state index >= 15 is 0 Å². The lowest BCUT2D eigenvalue weighted by atomic mass is 9.83. The predicted octanol–water partition coefficient (Wildman–Crippen LogP) is 7.32. The molecule has 3 rings (SSSR count). The topological polar surface area (TPSA) is 37.3 Å². The number of carboxylic acids is 1. The third kappa shape index (κ3) is 5.27. The fraction of sp³-hybridized carbons (Fsp3) is 0.269. The summed E-state index contributed by atoms with van der Waals surface area (Å²) in [6.07, 6.45) is 2.81. The highest BCUT2D eigenvalue weighted by Gasteiger charge is 2.38. The van der Waals surface area contributed by atoms with Crippen LogP contribution in [0.3, 0.4) is 0 Å². The van der Waals surface area contributed by atoms with Gasteiger partial charge in [0.15, 0.2) is 0 Å². The van der Waals surface area contributed by atoms with E-state index in [0.29, 0.717) is 6.42 Å². The minimum Gasteiger partial charge on any atom is -0.481 e. The molecule has 0 aliphatic carbocycles. The molecule has 156 valence electrons. The molecule has 2 nitrogen and oxygen atoms in total. The zero-order valence-electron chi connectivity index (χ0n) is 17.2. The Hall–Kier alpha value is -2.23. The van der Waals surface area contributed by atoms with Gasteiger partial charge in [0, 0.05) is 11.4 Å². The molecule has 4 heteroatoms. The molecule has 0 aliphatic rings. The Morgan fingerprint density at radius 1 is 0.867 bits per heavy atom. The normalized spacial score (nSPS) is 13.0. The maximum Gasteiger partial charge on any atom is 0.303 e. The molecule has 0 saturated carbocycles. The van der Waals surface area contributed by atoms with Gasteiger partial charge in [-0.2, -0.15) is 0 Å². The van der Waals surface area contributed by atoms with Crippen molar-refractivity contribution >= 4 is 29.3 Å². The van der Waals surface area contributed by atoms with Crippen LogP contribution in [0.15, 0.2) is 78.9 Å². The molecule has 0 aliphatic heterocycles. The van der Waals surface area contributed by atoms with Gasteiger partial charge in [-0.1, -0.05) is 96.4 Å². The van der Waals surface area contributed by atoms with Crippen molar-refractivity contribution in [2.24, 2.45) is 0 Å². The SMILES string of the molecule is Cc1ccc(C(SCCCCCC(=O)O)(c2ccccc2)c2ccccc2Cl)cc1. The first-order valence-corrected chi connectivity index (χ1v) is 11.6. The van der Waals surface area contributed by atoms with E-state index < -0.39 is 10.7 Å². The summed E-state index contributed by atoms with van der Waals surface area (Å²) in [7, 11) is 0. The average molecular weight is 439 g/mol. The van der Waals surface area contributed by atoms with Crippen molar-refractivity contribution in [1.29, 1.82) is 0 Å². The van der Waals surface area contributed by atoms with Crippen LogP contribution in [0.4, 0.5) is 0 Å². The molecule has 0 fully saturated rings. The molecular formula is C26H27ClO2S. The van der Waals surface area contributed by atoms with Gasteiger partial charge in [-0.05, 0) is 48.3 Å². The molecule has 0 spiro atoms. The Balaban J connectivity index is 2.02. The van der Waals surface area contributed by atoms with Crippen LogP contribution >= 0.6 is 23.4 Å². The highest BCUT2D eigenvalue weighted by Crippen LogP contribution is 2.50. The van der Waals surface area contributed by atoms with Crippen molar-refractivity contribution in [3.63, 3.8) is 0 Å². The van der Waals surface area contributed by atoms with E-state index in [-0.39, 0.29) is 6.42 Å². The summed E-state index contributed by atoms with van der Waals surface area (Å²) in [5.74, 6) is 0.185. The Bertz CT molecular complexity index is 956. The van der Waals surface area contributed by atoms with E-state index in [1.807, 2.05) is 36.0 Å². The van der Waals surface area contributed by atoms with Gasteiger partial charge in [-0.15, -0.1) is 11.8 Å². The number of aliphatic carboxylic acids is 1. The lowest BCUT2D eigenvalue weighted by molar-refractivity contribution is -0.137. The number of carbonyl (C=O) groups is 1. The Morgan fingerprint density at radius 2 is 1.50 bits per heavy atom. The number of benzene rings is 3. The van der Waals surface area contributed by atoms with Gasteiger partial charge in [-0.3, -0.25) is 4.79 Å². The summed E-state index contributed by atoms with van der Waals surface area (Å²) < 4.78 is -0.430. The lowest BCUT2D eigenvalue weighted by Gasteiger charge is -2.36. The first kappa shape index (κ1) is 22.5. The van der Waals surface area contributed by atoms with Crippen LogP contribution in [0, 0.1) is 6.92 Å². The highest BCUT2D eigenvalue weighted by molar-refractivity contribution is 8.00. The molecule has 1 unspecified atom stereocenters. The molecule has 0 aromatic heterocycles. The van der Waals surface area contributed by atoms with Gasteiger partial charge in [-0.25, -0.2) is 0 Å². The van der Waals surface area contributed by atoms with Crippen LogP contribution in [-0.2, 0) is 9.54 Å². The molecule has 0 bridgehead atoms. The summed E-state index contributed by atoms with van der Waals surface area (Å²) in [6, 6.07) is 27.3. The molecule has 0 radical (unpaired) electrons. The lowest BCUT2D eigenvalue weighted by Crippen LogP contribution is -2.26. The quantitative estimate of drug-likeness (QED) is 0.266. The third-order valence-electron chi connectivity index (χ3n) is 5.25. The second-order valence-corrected chi connectivity index (χ2v) is 9.16. The van der Waals surface area contributed by atoms with E-state index in [9.17, 15) is 4.79 Å². The molecule has 1 N–H and O–H groups in total. The molecule has 3 aromatic carbocycles. The van der Waals surface area contributed by atoms with Crippen LogP contribution in [-0.4, -0.2) is 16.8 Å². The Labute approximate surface area is 188 Å². The van der Waals surface area contributed by atoms with Gasteiger partial charge >= 0.3 is 5.97 Å². The van der Waals surface area contributed by atoms with Gasteiger partial charge in [0.05, 0.1) is 4.75 Å². The van der Waals surface area contributed by atoms with Gasteiger partial charge in [0.1, 0.15) is 0 Å². The fourth-order valence-electron chi connectivity index (χ4n) is 3.71. The van der Waals surface area contributed by atoms with Crippen molar-refractivity contribution in [2.45, 2.75) is 37.4 Å². The number of halogens is 1. The molecule has 1 atom stereocenters. The number of unbranched alkanes of at least 4 members (excludes halogenated alkanes) is 2. The Kier molecular flexibility index (Phi) is 8.01. The van der Waals surface area contributed by atoms with E-state index in [4.69, 9.17) is 16.7 Å². The number of carboxylic acid groups (broad SMARTS) is 1. The van der Waals surface area contributed by atoms with Crippen molar-refractivity contribution in [3.05, 3.63) is 106 Å². The smallest absolute Gasteiger partial charge is 0.303 e. The predicted molar refractivity (Wildman–Crippen MR) is 128 cm³/mol. The zero-order valence-corrected chi connectivity index (χ0v) is 18.8. The summed E-state index contributed by atoms with van der Waals surface area (Å²) >= 11 is 8.63. The minimum atomic E-state index is -0.725. The van der Waals surface area contributed by atoms with Crippen LogP contribution < -0.4 is 0 Å². The van der Waals surface area contributed by atoms with E-state index in [1.54, 1.807) is 0 Å². The maximum atomic E-state index is 10.8. The Morgan fingerprint density at radius 3 is 2.17 bits per heavy atom. The number of hydrogen-bond acceptors (Lipinski definition) is 2. The number of thioether (sulfide) groups is 1. The van der Waals surface area contributed by atoms with E-state index in [2.05, 4.69) is 61.5 Å². The zero-order chi connectivity index (χ0) is 21.4. The minimum absolute atomic E-state index is 0.233. The third-order valence-corrected chi connectivity index (χ3v) is 7.19. The van der Waals surface area contributed by atoms with Crippen molar-refractivity contribution in [1.82, 2.24) is 0 Å². The van der Waals surface area contributed by atoms with E-state index in [1.165, 1.54) is 16.7 Å². The summed E-state index contributed by atoms with van der Waals surface area (Å²) in [5, 5.41) is 9.63. The summed E-state index contributed by atoms with van der Waals surface area (Å²) in [4.78, 5) is 10.8. The largest absolute Gasteiger partial charge is 0.481 e. The van der Waals surface area contributed by atoms with Crippen molar-refractivity contribution in [2.75, 3.05) is 5.75 Å². The van der Waals surface area contributed by atoms with Gasteiger partial charge in [0.2, 0.25) is 0 Å². The number of aryl methyl sites for hydroxylation is 1. The average Bonchev–Trinajstić information content (AvgIpc) is 2.75. The molecule has 0 heterocycles. The second kappa shape index (κ2) is 10.7. The fourth-order valence-corrected chi connectivity index (χ4v) is 5.64. The molecule has 30 heavy (non-hydrogen) atoms. The highest BCUT2D eigenvalue weighted by atomic mass is 35.5. The van der Waals surface area contributed by atoms with Crippen LogP contribution in [0.25, 0.3) is 0 Å². The van der Waals surface area contributed by atoms with Crippen LogP contribution in [0.5, 0.6) is 0 Å². The summed E-state index contributed by atoms with van der Waals surface area (Å²) in [5.41, 5.74) is 4.69. The van der Waals surface area contributed by atoms with Gasteiger partial charge < -0.3 is 5.11 Å². The van der Waals surface area contributed by atoms with Crippen LogP contribution in [0.1, 0.15) is 47.9 Å². The van der Waals surface area contributed by atoms with Crippen molar-refractivity contribution in [3.8, 4) is 0 Å². The summed E-state index contributed by atoms with van der Waals surface area (Å²) in [6.45, 7) is 2.10. The van der Waals surface area contributed by atoms with E-state index in [0.717, 1.165) is 29.2 Å². The monoisotopic (exact) mass is 438 g/mol. The molecule has 3 aromatic rings. The second-order valence-electron chi connectivity index (χ2n) is 7.45. The molecule has 0 saturated heterocycles. The maximum absolute atomic E-state index is 10.8. The van der Waals surface area contributed by atoms with Crippen molar-refractivity contribution < 1.29 is 9.90 Å². The first-order valence-electron chi connectivity index (χ1n) is 10.3. The molecule has 0 amide bonds. The standard InChI is InChI=1S/C26H27ClO2S/c1-20-15-17-22(18-16-20)26(21-10-4-2-5-11-21,23-12-7-8-13-24(23)27)30-19-9-3-6-14-25(28)29/h2,4-5,7-8,10-13,15-18H,3,6,9,14,19H2,1H3,(H,28,29). The number of rotatable bonds is 10. The number of hydrogen-bond donors (Lipinski definition) is 1.